The van der Waals surface area contributed by atoms with Crippen LogP contribution in [0.5, 0.6) is 0 Å². The maximum Gasteiger partial charge on any atom is 0.305 e. The molecule has 6 aromatic rings. The summed E-state index contributed by atoms with van der Waals surface area (Å²) in [5, 5.41) is 16.9. The Hall–Kier alpha value is -4.47. The zero-order valence-corrected chi connectivity index (χ0v) is 32.1. The highest BCUT2D eigenvalue weighted by Crippen LogP contribution is 2.94. The van der Waals surface area contributed by atoms with Crippen molar-refractivity contribution in [1.29, 1.82) is 0 Å². The lowest BCUT2D eigenvalue weighted by atomic mass is 9.67. The van der Waals surface area contributed by atoms with Crippen LogP contribution in [0.2, 0.25) is 0 Å². The lowest BCUT2D eigenvalue weighted by Gasteiger charge is -2.37. The predicted molar refractivity (Wildman–Crippen MR) is 222 cm³/mol. The van der Waals surface area contributed by atoms with Crippen LogP contribution in [0.15, 0.2) is 53.6 Å². The van der Waals surface area contributed by atoms with Crippen molar-refractivity contribution in [2.24, 2.45) is 17.3 Å². The zero-order valence-electron chi connectivity index (χ0n) is 31.3. The molecule has 11 aliphatic rings. The van der Waals surface area contributed by atoms with Gasteiger partial charge in [0.1, 0.15) is 0 Å². The molecule has 0 N–H and O–H groups in total. The summed E-state index contributed by atoms with van der Waals surface area (Å²) in [6.45, 7) is 2.34. The number of fused-ring (bicyclic) bond motifs is 2. The summed E-state index contributed by atoms with van der Waals surface area (Å²) in [6.07, 6.45) is 22.7. The number of rotatable bonds is 7. The Bertz CT molecular complexity index is 3390. The molecule has 4 bridgehead atoms. The monoisotopic (exact) mass is 726 g/mol. The van der Waals surface area contributed by atoms with Crippen LogP contribution >= 0.6 is 11.3 Å². The number of aryl methyl sites for hydroxylation is 1. The van der Waals surface area contributed by atoms with Crippen LogP contribution in [0.1, 0.15) is 106 Å². The number of ether oxygens (including phenoxy) is 1. The van der Waals surface area contributed by atoms with E-state index >= 15 is 0 Å². The molecule has 0 radical (unpaired) electrons. The van der Waals surface area contributed by atoms with Crippen molar-refractivity contribution < 1.29 is 9.53 Å². The van der Waals surface area contributed by atoms with E-state index in [4.69, 9.17) is 4.74 Å². The number of benzene rings is 3. The first kappa shape index (κ1) is 28.0. The number of carbonyl (C=O) groups is 1. The predicted octanol–water partition coefficient (Wildman–Crippen LogP) is 9.88. The quantitative estimate of drug-likeness (QED) is 0.0931. The van der Waals surface area contributed by atoms with Gasteiger partial charge in [-0.15, -0.1) is 11.3 Å². The molecule has 2 nitrogen and oxygen atoms in total. The molecule has 264 valence electrons. The van der Waals surface area contributed by atoms with Gasteiger partial charge in [-0.3, -0.25) is 4.79 Å². The molecule has 1 aromatic heterocycles. The Balaban J connectivity index is 1.13. The number of carbonyl (C=O) groups excluding carboxylic acids is 1. The molecule has 0 aliphatic heterocycles. The number of unbranched alkanes of at least 4 members (excludes halogenated alkanes) is 1. The van der Waals surface area contributed by atoms with E-state index in [1.807, 2.05) is 5.57 Å². The molecule has 55 heavy (non-hydrogen) atoms. The molecule has 0 saturated heterocycles. The van der Waals surface area contributed by atoms with Crippen LogP contribution < -0.4 is 10.4 Å². The van der Waals surface area contributed by atoms with Gasteiger partial charge in [0, 0.05) is 44.3 Å². The molecule has 17 rings (SSSR count). The normalized spacial score (nSPS) is 33.5. The largest absolute Gasteiger partial charge is 0.469 e. The van der Waals surface area contributed by atoms with Crippen LogP contribution in [-0.2, 0) is 46.0 Å². The summed E-state index contributed by atoms with van der Waals surface area (Å²) in [4.78, 5) is 15.7. The average Bonchev–Trinajstić information content (AvgIpc) is 3.94. The standard InChI is InChI=1S/C52H38O2S/c1-3-29-7-8-32(55-29)51(9-5-4-6-33(53)54-2)50-19-27-17-26-16-25-15-23-11-21-10-22-12-24-18-28(20-50)48-46-35(24)31(14-22)40-39-30(13-21)34(23)41-36(25)37(26)42-38(27)49(52(48,50)51)47(44(40)46)45(42)43(39)41/h7-8,10,12,15,17-18,23,28,34H,3-6,9,11,13-14,16,19-20H2,1-2H3/b21-10-/t23?,28?,34?,50?,51?,52-/m1/s1. The van der Waals surface area contributed by atoms with Gasteiger partial charge in [0.05, 0.1) is 7.11 Å². The smallest absolute Gasteiger partial charge is 0.305 e. The Kier molecular flexibility index (Phi) is 4.09. The highest BCUT2D eigenvalue weighted by atomic mass is 32.1. The van der Waals surface area contributed by atoms with Crippen molar-refractivity contribution in [3.63, 3.8) is 0 Å². The maximum absolute atomic E-state index is 12.5. The zero-order chi connectivity index (χ0) is 35.4. The number of hydrogen-bond acceptors (Lipinski definition) is 3. The third-order valence-electron chi connectivity index (χ3n) is 18.3. The van der Waals surface area contributed by atoms with E-state index in [9.17, 15) is 4.79 Å². The first-order valence-electron chi connectivity index (χ1n) is 21.4. The molecule has 1 spiro atoms. The van der Waals surface area contributed by atoms with Crippen molar-refractivity contribution in [2.75, 3.05) is 7.11 Å². The van der Waals surface area contributed by atoms with Gasteiger partial charge >= 0.3 is 5.97 Å². The summed E-state index contributed by atoms with van der Waals surface area (Å²) in [7, 11) is 1.55. The van der Waals surface area contributed by atoms with Gasteiger partial charge in [-0.05, 0) is 196 Å². The van der Waals surface area contributed by atoms with Crippen molar-refractivity contribution in [3.05, 3.63) is 113 Å². The molecule has 3 heteroatoms. The summed E-state index contributed by atoms with van der Waals surface area (Å²) >= 11 is 2.14. The second-order valence-electron chi connectivity index (χ2n) is 19.7. The molecule has 3 saturated carbocycles. The van der Waals surface area contributed by atoms with Gasteiger partial charge in [-0.2, -0.15) is 0 Å². The summed E-state index contributed by atoms with van der Waals surface area (Å²) in [6, 6.07) is 7.83. The van der Waals surface area contributed by atoms with Gasteiger partial charge in [0.25, 0.3) is 0 Å². The minimum absolute atomic E-state index is 0.00263. The van der Waals surface area contributed by atoms with E-state index < -0.39 is 0 Å². The molecule has 1 heterocycles. The Morgan fingerprint density at radius 3 is 2.73 bits per heavy atom. The molecular formula is C52H38O2S. The van der Waals surface area contributed by atoms with Gasteiger partial charge < -0.3 is 4.74 Å². The van der Waals surface area contributed by atoms with E-state index in [0.29, 0.717) is 24.2 Å². The highest BCUT2D eigenvalue weighted by molar-refractivity contribution is 7.12. The van der Waals surface area contributed by atoms with Crippen LogP contribution in [0.3, 0.4) is 0 Å². The van der Waals surface area contributed by atoms with Crippen LogP contribution in [0, 0.1) is 17.3 Å². The Morgan fingerprint density at radius 1 is 0.909 bits per heavy atom. The third kappa shape index (κ3) is 2.36. The minimum Gasteiger partial charge on any atom is -0.469 e. The van der Waals surface area contributed by atoms with Crippen molar-refractivity contribution >= 4 is 82.7 Å². The molecule has 5 unspecified atom stereocenters. The third-order valence-corrected chi connectivity index (χ3v) is 19.7. The number of esters is 1. The second kappa shape index (κ2) is 8.03. The first-order chi connectivity index (χ1) is 27.0. The molecule has 3 fully saturated rings. The minimum atomic E-state index is -0.0647. The van der Waals surface area contributed by atoms with E-state index in [-0.39, 0.29) is 22.2 Å². The number of methoxy groups -OCH3 is 1. The molecule has 6 atom stereocenters. The second-order valence-corrected chi connectivity index (χ2v) is 20.9. The van der Waals surface area contributed by atoms with Crippen molar-refractivity contribution in [2.45, 2.75) is 94.3 Å². The van der Waals surface area contributed by atoms with E-state index in [2.05, 4.69) is 60.8 Å². The van der Waals surface area contributed by atoms with Crippen LogP contribution in [-0.4, -0.2) is 13.1 Å². The molecular weight excluding hydrogens is 689 g/mol. The van der Waals surface area contributed by atoms with Crippen LogP contribution in [0.25, 0.3) is 65.4 Å². The first-order valence-corrected chi connectivity index (χ1v) is 22.2. The maximum atomic E-state index is 12.5. The fraction of sp³-hybridized carbons (Fsp3) is 0.365. The fourth-order valence-electron chi connectivity index (χ4n) is 17.4. The van der Waals surface area contributed by atoms with Gasteiger partial charge in [0.15, 0.2) is 0 Å². The Morgan fingerprint density at radius 2 is 1.84 bits per heavy atom. The topological polar surface area (TPSA) is 26.3 Å². The summed E-state index contributed by atoms with van der Waals surface area (Å²) in [5.41, 5.74) is 22.1. The molecule has 5 aromatic carbocycles. The number of thiophene rings is 1. The summed E-state index contributed by atoms with van der Waals surface area (Å²) < 4.78 is 5.17. The van der Waals surface area contributed by atoms with E-state index in [1.165, 1.54) is 24.1 Å². The fourth-order valence-corrected chi connectivity index (χ4v) is 18.8. The summed E-state index contributed by atoms with van der Waals surface area (Å²) in [5.74, 6) is 1.54. The van der Waals surface area contributed by atoms with E-state index in [1.54, 1.807) is 132 Å². The van der Waals surface area contributed by atoms with Gasteiger partial charge in [-0.25, -0.2) is 0 Å². The average molecular weight is 727 g/mol. The Labute approximate surface area is 322 Å². The van der Waals surface area contributed by atoms with Crippen LogP contribution in [0.4, 0.5) is 0 Å². The molecule has 11 aliphatic carbocycles. The SMILES string of the molecule is CCc1ccc(C2(CCCCC(=O)OC)C34Cc5cc6c7c8c9c%10c%11c%12c%13c%14c%15c%12c%12c(c5c7c%10%12)[C@]32C=%15C(C=C%14C=C(/C=C2\CC=%11C9C(C=C8C6)C2)C%13)C4)s1. The highest BCUT2D eigenvalue weighted by Gasteiger charge is 2.92. The van der Waals surface area contributed by atoms with E-state index in [0.717, 1.165) is 44.9 Å². The van der Waals surface area contributed by atoms with Crippen molar-refractivity contribution in [3.8, 4) is 0 Å². The van der Waals surface area contributed by atoms with Crippen molar-refractivity contribution in [1.82, 2.24) is 0 Å². The van der Waals surface area contributed by atoms with Gasteiger partial charge in [-0.1, -0.05) is 49.3 Å². The number of hydrogen-bond donors (Lipinski definition) is 0. The molecule has 0 amide bonds. The number of allylic oxidation sites excluding steroid dienone is 8. The van der Waals surface area contributed by atoms with Gasteiger partial charge in [0.2, 0.25) is 0 Å². The lowest BCUT2D eigenvalue weighted by Crippen LogP contribution is -2.35. The lowest BCUT2D eigenvalue weighted by molar-refractivity contribution is -0.140.